The Morgan fingerprint density at radius 3 is 0.821 bits per heavy atom. The normalized spacial score (nSPS) is 12.6. The second-order valence-corrected chi connectivity index (χ2v) is 30.2. The van der Waals surface area contributed by atoms with Gasteiger partial charge < -0.3 is 20.3 Å². The number of nitrogens with one attached hydrogen (secondary N) is 1. The van der Waals surface area contributed by atoms with Crippen LogP contribution in [0.5, 0.6) is 0 Å². The van der Waals surface area contributed by atoms with Crippen LogP contribution < -0.4 is 5.32 Å². The molecule has 0 spiro atoms. The molecule has 6 heteroatoms. The summed E-state index contributed by atoms with van der Waals surface area (Å²) >= 11 is 0. The summed E-state index contributed by atoms with van der Waals surface area (Å²) in [4.78, 5) is 24.7. The number of aliphatic hydroxyl groups excluding tert-OH is 2. The van der Waals surface area contributed by atoms with Gasteiger partial charge in [-0.1, -0.05) is 436 Å². The van der Waals surface area contributed by atoms with Gasteiger partial charge in [0.25, 0.3) is 0 Å². The van der Waals surface area contributed by atoms with Gasteiger partial charge in [0, 0.05) is 12.8 Å². The molecule has 95 heavy (non-hydrogen) atoms. The van der Waals surface area contributed by atoms with Crippen molar-refractivity contribution < 1.29 is 24.5 Å². The molecule has 0 aromatic carbocycles. The molecule has 0 bridgehead atoms. The summed E-state index contributed by atoms with van der Waals surface area (Å²) < 4.78 is 5.50. The van der Waals surface area contributed by atoms with Crippen molar-refractivity contribution in [1.82, 2.24) is 5.32 Å². The zero-order chi connectivity index (χ0) is 68.4. The maximum Gasteiger partial charge on any atom is 0.305 e. The van der Waals surface area contributed by atoms with Gasteiger partial charge in [-0.15, -0.1) is 0 Å². The smallest absolute Gasteiger partial charge is 0.305 e. The molecule has 0 aliphatic heterocycles. The van der Waals surface area contributed by atoms with Crippen LogP contribution in [0.2, 0.25) is 0 Å². The minimum atomic E-state index is -0.663. The molecule has 0 aromatic rings. The van der Waals surface area contributed by atoms with Gasteiger partial charge in [0.05, 0.1) is 25.4 Å². The van der Waals surface area contributed by atoms with Crippen LogP contribution in [0.4, 0.5) is 0 Å². The van der Waals surface area contributed by atoms with E-state index < -0.39 is 12.1 Å². The number of hydrogen-bond acceptors (Lipinski definition) is 5. The average Bonchev–Trinajstić information content (AvgIpc) is 3.06. The number of carbonyl (C=O) groups is 2. The third-order valence-electron chi connectivity index (χ3n) is 20.7. The molecule has 6 nitrogen and oxygen atoms in total. The molecule has 0 aliphatic carbocycles. The molecule has 3 N–H and O–H groups in total. The van der Waals surface area contributed by atoms with E-state index in [1.54, 1.807) is 0 Å². The molecule has 0 rings (SSSR count). The van der Waals surface area contributed by atoms with E-state index in [4.69, 9.17) is 4.74 Å². The predicted molar refractivity (Wildman–Crippen MR) is 421 cm³/mol. The minimum Gasteiger partial charge on any atom is -0.466 e. The molecule has 2 atom stereocenters. The largest absolute Gasteiger partial charge is 0.466 e. The molecule has 0 fully saturated rings. The first kappa shape index (κ1) is 93.1. The van der Waals surface area contributed by atoms with E-state index in [2.05, 4.69) is 55.6 Å². The van der Waals surface area contributed by atoms with Crippen LogP contribution >= 0.6 is 0 Å². The number of amides is 1. The van der Waals surface area contributed by atoms with Crippen LogP contribution in [-0.4, -0.2) is 47.4 Å². The van der Waals surface area contributed by atoms with Gasteiger partial charge in [-0.05, 0) is 83.5 Å². The van der Waals surface area contributed by atoms with Gasteiger partial charge in [-0.25, -0.2) is 0 Å². The van der Waals surface area contributed by atoms with Crippen LogP contribution in [0.25, 0.3) is 0 Å². The number of aliphatic hydroxyl groups is 2. The quantitative estimate of drug-likeness (QED) is 0.0320. The predicted octanol–water partition coefficient (Wildman–Crippen LogP) is 29.3. The Labute approximate surface area is 595 Å². The van der Waals surface area contributed by atoms with Gasteiger partial charge in [0.1, 0.15) is 0 Å². The van der Waals surface area contributed by atoms with Gasteiger partial charge in [-0.2, -0.15) is 0 Å². The SMILES string of the molecule is CCCCCC/C=C\C/C=C\CCCCCCCC(=O)OCCCCCCCCCCCCCCCCCCCC/C=C\CCCCCCCCCCCCCCCCCCCC(=O)NC(CO)C(O)CCCCCCCCCCCCCCCCCCCCCCCCC. The zero-order valence-corrected chi connectivity index (χ0v) is 64.7. The topological polar surface area (TPSA) is 95.9 Å². The van der Waals surface area contributed by atoms with Gasteiger partial charge >= 0.3 is 5.97 Å². The molecule has 0 heterocycles. The Hall–Kier alpha value is -1.92. The average molecular weight is 1340 g/mol. The lowest BCUT2D eigenvalue weighted by Gasteiger charge is -2.22. The lowest BCUT2D eigenvalue weighted by atomic mass is 10.0. The van der Waals surface area contributed by atoms with Crippen LogP contribution in [-0.2, 0) is 14.3 Å². The minimum absolute atomic E-state index is 0.00982. The molecule has 2 unspecified atom stereocenters. The summed E-state index contributed by atoms with van der Waals surface area (Å²) in [5, 5.41) is 23.5. The number of carbonyl (C=O) groups excluding carboxylic acids is 2. The molecule has 562 valence electrons. The Morgan fingerprint density at radius 2 is 0.526 bits per heavy atom. The molecule has 0 saturated carbocycles. The number of allylic oxidation sites excluding steroid dienone is 6. The maximum absolute atomic E-state index is 12.6. The van der Waals surface area contributed by atoms with E-state index in [0.29, 0.717) is 25.9 Å². The highest BCUT2D eigenvalue weighted by molar-refractivity contribution is 5.76. The molecule has 0 aromatic heterocycles. The van der Waals surface area contributed by atoms with E-state index in [0.717, 1.165) is 51.4 Å². The van der Waals surface area contributed by atoms with Crippen molar-refractivity contribution in [2.24, 2.45) is 0 Å². The third kappa shape index (κ3) is 80.9. The number of unbranched alkanes of at least 4 members (excludes halogenated alkanes) is 66. The monoisotopic (exact) mass is 1330 g/mol. The van der Waals surface area contributed by atoms with Crippen LogP contribution in [0, 0.1) is 0 Å². The van der Waals surface area contributed by atoms with Crippen molar-refractivity contribution in [2.75, 3.05) is 13.2 Å². The van der Waals surface area contributed by atoms with Gasteiger partial charge in [0.2, 0.25) is 5.91 Å². The molecule has 0 aliphatic rings. The van der Waals surface area contributed by atoms with Crippen LogP contribution in [0.1, 0.15) is 495 Å². The second kappa shape index (κ2) is 84.5. The lowest BCUT2D eigenvalue weighted by molar-refractivity contribution is -0.143. The first-order valence-corrected chi connectivity index (χ1v) is 43.7. The fourth-order valence-corrected chi connectivity index (χ4v) is 14.0. The zero-order valence-electron chi connectivity index (χ0n) is 64.7. The van der Waals surface area contributed by atoms with Crippen molar-refractivity contribution in [1.29, 1.82) is 0 Å². The highest BCUT2D eigenvalue weighted by Gasteiger charge is 2.20. The van der Waals surface area contributed by atoms with Crippen LogP contribution in [0.3, 0.4) is 0 Å². The van der Waals surface area contributed by atoms with Crippen molar-refractivity contribution in [2.45, 2.75) is 508 Å². The van der Waals surface area contributed by atoms with E-state index in [1.165, 1.54) is 411 Å². The van der Waals surface area contributed by atoms with Gasteiger partial charge in [0.15, 0.2) is 0 Å². The van der Waals surface area contributed by atoms with E-state index in [1.807, 2.05) is 0 Å². The first-order chi connectivity index (χ1) is 47.0. The van der Waals surface area contributed by atoms with E-state index in [9.17, 15) is 19.8 Å². The Bertz CT molecular complexity index is 1540. The van der Waals surface area contributed by atoms with Crippen molar-refractivity contribution in [3.8, 4) is 0 Å². The van der Waals surface area contributed by atoms with Crippen LogP contribution in [0.15, 0.2) is 36.5 Å². The molecule has 0 radical (unpaired) electrons. The summed E-state index contributed by atoms with van der Waals surface area (Å²) in [5.74, 6) is -0.0149. The van der Waals surface area contributed by atoms with E-state index in [-0.39, 0.29) is 18.5 Å². The molecular weight excluding hydrogens is 1160 g/mol. The number of esters is 1. The first-order valence-electron chi connectivity index (χ1n) is 43.7. The fourth-order valence-electron chi connectivity index (χ4n) is 14.0. The van der Waals surface area contributed by atoms with Crippen molar-refractivity contribution >= 4 is 11.9 Å². The highest BCUT2D eigenvalue weighted by Crippen LogP contribution is 2.21. The van der Waals surface area contributed by atoms with Crippen molar-refractivity contribution in [3.05, 3.63) is 36.5 Å². The Kier molecular flexibility index (Phi) is 82.8. The summed E-state index contributed by atoms with van der Waals surface area (Å²) in [7, 11) is 0. The standard InChI is InChI=1S/C89H171NO5/c1-3-5-7-9-11-13-15-17-19-21-22-23-41-44-47-50-53-57-61-65-69-73-77-81-87(92)86(85-91)90-88(93)82-78-74-70-66-62-58-54-51-48-45-42-39-37-35-33-31-29-27-25-24-26-28-30-32-34-36-38-40-43-46-49-52-56-60-64-68-72-76-80-84-95-89(94)83-79-75-71-67-63-59-55-20-18-16-14-12-10-8-6-4-2/h14,16,20,24-25,55,86-87,91-92H,3-13,15,17-19,21-23,26-54,56-85H2,1-2H3,(H,90,93)/b16-14-,25-24-,55-20-. The molecule has 1 amide bonds. The number of ether oxygens (including phenoxy) is 1. The number of rotatable bonds is 83. The van der Waals surface area contributed by atoms with Crippen molar-refractivity contribution in [3.63, 3.8) is 0 Å². The Balaban J connectivity index is 3.33. The maximum atomic E-state index is 12.6. The summed E-state index contributed by atoms with van der Waals surface area (Å²) in [6, 6.07) is -0.540. The number of hydrogen-bond donors (Lipinski definition) is 3. The highest BCUT2D eigenvalue weighted by atomic mass is 16.5. The molecular formula is C89H171NO5. The van der Waals surface area contributed by atoms with E-state index >= 15 is 0 Å². The summed E-state index contributed by atoms with van der Waals surface area (Å²) in [6.45, 7) is 4.99. The Morgan fingerprint density at radius 1 is 0.295 bits per heavy atom. The molecule has 0 saturated heterocycles. The lowest BCUT2D eigenvalue weighted by Crippen LogP contribution is -2.45. The summed E-state index contributed by atoms with van der Waals surface area (Å²) in [6.07, 6.45) is 111. The van der Waals surface area contributed by atoms with Gasteiger partial charge in [-0.3, -0.25) is 9.59 Å². The second-order valence-electron chi connectivity index (χ2n) is 30.2. The summed E-state index contributed by atoms with van der Waals surface area (Å²) in [5.41, 5.74) is 0. The fraction of sp³-hybridized carbons (Fsp3) is 0.910. The third-order valence-corrected chi connectivity index (χ3v) is 20.7.